The largest absolute Gasteiger partial charge is 0.461 e. The molecule has 0 heterocycles. The monoisotopic (exact) mass is 447 g/mol. The topological polar surface area (TPSA) is 141 Å². The number of carbonyl (C=O) groups excluding carboxylic acids is 1. The molecule has 0 aromatic carbocycles. The maximum atomic E-state index is 13.4. The Bertz CT molecular complexity index is 564. The van der Waals surface area contributed by atoms with Crippen molar-refractivity contribution in [2.45, 2.75) is 58.9 Å². The molecule has 0 spiro atoms. The first-order valence-corrected chi connectivity index (χ1v) is 12.3. The van der Waals surface area contributed by atoms with Gasteiger partial charge in [-0.3, -0.25) is 19.2 Å². The highest BCUT2D eigenvalue weighted by molar-refractivity contribution is 7.72. The van der Waals surface area contributed by atoms with E-state index in [-0.39, 0.29) is 33.0 Å². The van der Waals surface area contributed by atoms with E-state index < -0.39 is 43.4 Å². The van der Waals surface area contributed by atoms with Crippen LogP contribution < -0.4 is 0 Å². The lowest BCUT2D eigenvalue weighted by Gasteiger charge is -2.33. The Morgan fingerprint density at radius 3 is 1.50 bits per heavy atom. The highest BCUT2D eigenvalue weighted by atomic mass is 31.2. The third-order valence-electron chi connectivity index (χ3n) is 3.66. The first-order chi connectivity index (χ1) is 13.0. The summed E-state index contributed by atoms with van der Waals surface area (Å²) in [7, 11) is -8.46. The molecule has 0 bridgehead atoms. The molecule has 0 N–H and O–H groups in total. The predicted molar refractivity (Wildman–Crippen MR) is 102 cm³/mol. The van der Waals surface area contributed by atoms with Crippen molar-refractivity contribution in [1.82, 2.24) is 0 Å². The van der Waals surface area contributed by atoms with Gasteiger partial charge in [-0.25, -0.2) is 4.79 Å². The molecular formula is C15H31NO10P2. The third kappa shape index (κ3) is 6.61. The van der Waals surface area contributed by atoms with Gasteiger partial charge in [-0.15, -0.1) is 0 Å². The van der Waals surface area contributed by atoms with Crippen LogP contribution in [0.3, 0.4) is 0 Å². The van der Waals surface area contributed by atoms with Crippen molar-refractivity contribution in [3.05, 3.63) is 10.1 Å². The highest BCUT2D eigenvalue weighted by Crippen LogP contribution is 2.72. The molecule has 0 rings (SSSR count). The number of nitro groups is 1. The second-order valence-corrected chi connectivity index (χ2v) is 10.5. The summed E-state index contributed by atoms with van der Waals surface area (Å²) in [6, 6.07) is 0. The van der Waals surface area contributed by atoms with E-state index in [0.29, 0.717) is 0 Å². The molecule has 11 nitrogen and oxygen atoms in total. The Labute approximate surface area is 165 Å². The lowest BCUT2D eigenvalue weighted by molar-refractivity contribution is -0.551. The van der Waals surface area contributed by atoms with Gasteiger partial charge in [-0.05, 0) is 34.6 Å². The normalized spacial score (nSPS) is 14.7. The van der Waals surface area contributed by atoms with Gasteiger partial charge in [0.25, 0.3) is 0 Å². The molecule has 1 atom stereocenters. The molecule has 0 fully saturated rings. The zero-order chi connectivity index (χ0) is 22.0. The molecule has 0 aromatic heterocycles. The van der Waals surface area contributed by atoms with Crippen LogP contribution in [-0.4, -0.2) is 54.9 Å². The minimum absolute atomic E-state index is 0.0827. The summed E-state index contributed by atoms with van der Waals surface area (Å²) in [5.41, 5.74) is -2.37. The summed E-state index contributed by atoms with van der Waals surface area (Å²) in [6.07, 6.45) is -0.784. The number of carbonyl (C=O) groups is 1. The maximum Gasteiger partial charge on any atom is 0.384 e. The third-order valence-corrected chi connectivity index (χ3v) is 9.66. The van der Waals surface area contributed by atoms with E-state index in [1.165, 1.54) is 34.6 Å². The van der Waals surface area contributed by atoms with E-state index in [2.05, 4.69) is 0 Å². The zero-order valence-corrected chi connectivity index (χ0v) is 19.0. The van der Waals surface area contributed by atoms with Gasteiger partial charge in [0.2, 0.25) is 0 Å². The molecule has 0 aromatic rings. The van der Waals surface area contributed by atoms with Gasteiger partial charge in [0.05, 0.1) is 39.5 Å². The van der Waals surface area contributed by atoms with E-state index >= 15 is 0 Å². The highest BCUT2D eigenvalue weighted by Gasteiger charge is 2.60. The van der Waals surface area contributed by atoms with Crippen LogP contribution in [0, 0.1) is 10.1 Å². The fourth-order valence-electron chi connectivity index (χ4n) is 2.41. The minimum atomic E-state index is -4.23. The summed E-state index contributed by atoms with van der Waals surface area (Å²) in [4.78, 5) is 23.2. The number of hydrogen-bond acceptors (Lipinski definition) is 10. The number of nitrogens with zero attached hydrogens (tertiary/aromatic N) is 1. The van der Waals surface area contributed by atoms with Crippen LogP contribution in [0.15, 0.2) is 0 Å². The molecule has 0 saturated carbocycles. The van der Waals surface area contributed by atoms with Gasteiger partial charge in [0, 0.05) is 11.8 Å². The quantitative estimate of drug-likeness (QED) is 0.157. The van der Waals surface area contributed by atoms with Gasteiger partial charge < -0.3 is 22.8 Å². The number of esters is 1. The standard InChI is InChI=1S/C15H31NO10P2/c1-7-22-14(17)15(6,16(18)19)12-13(27(20,23-8-2)24-9-3)28(21,25-10-4)26-11-5/h13H,7-12H2,1-6H3/t15-/m1/s1. The second-order valence-electron chi connectivity index (χ2n) is 5.69. The van der Waals surface area contributed by atoms with Crippen LogP contribution in [0.4, 0.5) is 0 Å². The van der Waals surface area contributed by atoms with Crippen molar-refractivity contribution in [3.8, 4) is 0 Å². The maximum absolute atomic E-state index is 13.4. The van der Waals surface area contributed by atoms with Crippen molar-refractivity contribution >= 4 is 21.2 Å². The van der Waals surface area contributed by atoms with Gasteiger partial charge in [0.15, 0.2) is 5.40 Å². The Balaban J connectivity index is 6.50. The van der Waals surface area contributed by atoms with Crippen LogP contribution >= 0.6 is 15.2 Å². The summed E-state index contributed by atoms with van der Waals surface area (Å²) < 4.78 is 52.7. The Morgan fingerprint density at radius 2 is 1.25 bits per heavy atom. The molecule has 0 aliphatic carbocycles. The van der Waals surface area contributed by atoms with Crippen LogP contribution in [0.1, 0.15) is 48.0 Å². The van der Waals surface area contributed by atoms with Crippen LogP contribution in [0.5, 0.6) is 0 Å². The van der Waals surface area contributed by atoms with E-state index in [0.717, 1.165) is 6.92 Å². The number of hydrogen-bond donors (Lipinski definition) is 0. The first kappa shape index (κ1) is 27.2. The molecule has 0 unspecified atom stereocenters. The first-order valence-electron chi connectivity index (χ1n) is 9.10. The van der Waals surface area contributed by atoms with E-state index in [9.17, 15) is 24.0 Å². The molecule has 0 radical (unpaired) electrons. The second kappa shape index (κ2) is 12.0. The average Bonchev–Trinajstić information content (AvgIpc) is 2.60. The lowest BCUT2D eigenvalue weighted by Crippen LogP contribution is -2.47. The smallest absolute Gasteiger partial charge is 0.384 e. The van der Waals surface area contributed by atoms with Crippen LogP contribution in [0.2, 0.25) is 0 Å². The zero-order valence-electron chi connectivity index (χ0n) is 17.2. The van der Waals surface area contributed by atoms with Crippen molar-refractivity contribution < 1.29 is 41.7 Å². The fourth-order valence-corrected chi connectivity index (χ4v) is 8.03. The Hall–Kier alpha value is -0.830. The van der Waals surface area contributed by atoms with Crippen molar-refractivity contribution in [2.75, 3.05) is 33.0 Å². The lowest BCUT2D eigenvalue weighted by atomic mass is 10.0. The van der Waals surface area contributed by atoms with Crippen molar-refractivity contribution in [1.29, 1.82) is 0 Å². The van der Waals surface area contributed by atoms with Crippen LogP contribution in [-0.2, 0) is 36.8 Å². The van der Waals surface area contributed by atoms with E-state index in [1.807, 2.05) is 0 Å². The molecule has 0 amide bonds. The van der Waals surface area contributed by atoms with Gasteiger partial charge in [-0.2, -0.15) is 0 Å². The minimum Gasteiger partial charge on any atom is -0.461 e. The molecule has 0 saturated heterocycles. The predicted octanol–water partition coefficient (Wildman–Crippen LogP) is 3.83. The van der Waals surface area contributed by atoms with Crippen molar-refractivity contribution in [3.63, 3.8) is 0 Å². The molecule has 13 heteroatoms. The average molecular weight is 447 g/mol. The molecular weight excluding hydrogens is 416 g/mol. The Morgan fingerprint density at radius 1 is 0.893 bits per heavy atom. The molecule has 0 aliphatic rings. The summed E-state index contributed by atoms with van der Waals surface area (Å²) >= 11 is 0. The summed E-state index contributed by atoms with van der Waals surface area (Å²) in [5.74, 6) is -1.16. The summed E-state index contributed by atoms with van der Waals surface area (Å²) in [5, 5.41) is 10.0. The van der Waals surface area contributed by atoms with Crippen LogP contribution in [0.25, 0.3) is 0 Å². The van der Waals surface area contributed by atoms with E-state index in [4.69, 9.17) is 22.8 Å². The molecule has 0 aliphatic heterocycles. The van der Waals surface area contributed by atoms with Gasteiger partial charge in [-0.1, -0.05) is 0 Å². The SMILES string of the molecule is CCOC(=O)[C@@](C)(CC(P(=O)(OCC)OCC)P(=O)(OCC)OCC)[N+](=O)[O-]. The number of rotatable bonds is 15. The Kier molecular flexibility index (Phi) is 11.6. The van der Waals surface area contributed by atoms with Gasteiger partial charge >= 0.3 is 26.7 Å². The van der Waals surface area contributed by atoms with Crippen molar-refractivity contribution in [2.24, 2.45) is 0 Å². The summed E-state index contributed by atoms with van der Waals surface area (Å²) in [6.45, 7) is 8.20. The number of ether oxygens (including phenoxy) is 1. The molecule has 166 valence electrons. The van der Waals surface area contributed by atoms with Gasteiger partial charge in [0.1, 0.15) is 0 Å². The van der Waals surface area contributed by atoms with E-state index in [1.54, 1.807) is 0 Å². The fraction of sp³-hybridized carbons (Fsp3) is 0.933. The molecule has 28 heavy (non-hydrogen) atoms.